The fourth-order valence-electron chi connectivity index (χ4n) is 6.87. The fraction of sp³-hybridized carbons (Fsp3) is 0.708. The van der Waals surface area contributed by atoms with Crippen molar-refractivity contribution in [2.75, 3.05) is 6.61 Å². The highest BCUT2D eigenvalue weighted by atomic mass is 19.4. The number of rotatable bonds is 5. The molecule has 36 heavy (non-hydrogen) atoms. The average Bonchev–Trinajstić information content (AvgIpc) is 2.96. The molecule has 4 aliphatic rings. The number of aliphatic hydroxyl groups is 1. The van der Waals surface area contributed by atoms with Gasteiger partial charge in [-0.05, 0) is 58.9 Å². The first-order valence-electron chi connectivity index (χ1n) is 12.0. The van der Waals surface area contributed by atoms with E-state index in [1.165, 1.54) is 6.07 Å². The highest BCUT2D eigenvalue weighted by Gasteiger charge is 2.83. The van der Waals surface area contributed by atoms with E-state index in [0.29, 0.717) is 6.42 Å². The van der Waals surface area contributed by atoms with Crippen molar-refractivity contribution in [2.45, 2.75) is 89.0 Å². The molecule has 12 heteroatoms. The van der Waals surface area contributed by atoms with Crippen LogP contribution >= 0.6 is 0 Å². The van der Waals surface area contributed by atoms with Crippen LogP contribution < -0.4 is 15.7 Å². The maximum absolute atomic E-state index is 13.9. The predicted octanol–water partition coefficient (Wildman–Crippen LogP) is 4.91. The van der Waals surface area contributed by atoms with Crippen LogP contribution in [0.1, 0.15) is 64.5 Å². The molecule has 1 aromatic heterocycles. The molecule has 1 saturated heterocycles. The van der Waals surface area contributed by atoms with Gasteiger partial charge in [-0.25, -0.2) is 4.79 Å². The number of fused-ring (bicyclic) bond motifs is 1. The summed E-state index contributed by atoms with van der Waals surface area (Å²) in [7, 11) is 0. The smallest absolute Gasteiger partial charge is 0.418 e. The van der Waals surface area contributed by atoms with Gasteiger partial charge in [-0.3, -0.25) is 4.57 Å². The van der Waals surface area contributed by atoms with Gasteiger partial charge in [0.25, 0.3) is 0 Å². The maximum atomic E-state index is 13.9. The zero-order valence-corrected chi connectivity index (χ0v) is 20.1. The van der Waals surface area contributed by atoms with Gasteiger partial charge in [0.15, 0.2) is 0 Å². The van der Waals surface area contributed by atoms with Gasteiger partial charge in [0.1, 0.15) is 12.4 Å². The van der Waals surface area contributed by atoms with Crippen molar-refractivity contribution in [3.63, 3.8) is 0 Å². The van der Waals surface area contributed by atoms with E-state index < -0.39 is 52.1 Å². The summed E-state index contributed by atoms with van der Waals surface area (Å²) in [5, 5.41) is 14.7. The van der Waals surface area contributed by atoms with Crippen molar-refractivity contribution in [1.82, 2.24) is 14.9 Å². The minimum Gasteiger partial charge on any atom is -0.492 e. The Labute approximate surface area is 203 Å². The molecule has 0 unspecified atom stereocenters. The summed E-state index contributed by atoms with van der Waals surface area (Å²) >= 11 is 0. The summed E-state index contributed by atoms with van der Waals surface area (Å²) in [4.78, 5) is 14.7. The molecule has 6 rings (SSSR count). The summed E-state index contributed by atoms with van der Waals surface area (Å²) < 4.78 is 88.4. The molecule has 4 fully saturated rings. The number of ether oxygens (including phenoxy) is 1. The molecule has 2 bridgehead atoms. The molecule has 0 amide bonds. The number of imidazole rings is 1. The van der Waals surface area contributed by atoms with E-state index in [1.54, 1.807) is 13.8 Å². The Morgan fingerprint density at radius 3 is 2.33 bits per heavy atom. The quantitative estimate of drug-likeness (QED) is 0.489. The molecule has 2 aromatic rings. The minimum atomic E-state index is -4.74. The van der Waals surface area contributed by atoms with Gasteiger partial charge in [0, 0.05) is 29.6 Å². The molecular weight excluding hydrogens is 492 g/mol. The summed E-state index contributed by atoms with van der Waals surface area (Å²) in [5.74, 6) is -0.0999. The standard InChI is InChI=1S/C24H29F6N3O3/c1-12(2)33-18-16(23(25,26)27)4-15(5-17(18)32-19(33)34)36-8-14-7-22(35,6-13(3)31-14)20-9-21(10-20,11-20)24(28,29)30/h4-5,12-14,31,35H,6-11H2,1-3H3,(H,32,34)/t13-,14-,20?,21?,22-/m0/s1. The van der Waals surface area contributed by atoms with Gasteiger partial charge in [0.2, 0.25) is 0 Å². The minimum absolute atomic E-state index is 0.00804. The number of nitrogens with zero attached hydrogens (tertiary/aromatic N) is 1. The van der Waals surface area contributed by atoms with Crippen LogP contribution in [0, 0.1) is 10.8 Å². The van der Waals surface area contributed by atoms with Crippen molar-refractivity contribution in [2.24, 2.45) is 10.8 Å². The molecule has 3 saturated carbocycles. The second kappa shape index (κ2) is 7.66. The fourth-order valence-corrected chi connectivity index (χ4v) is 6.87. The number of halogens is 6. The molecule has 3 N–H and O–H groups in total. The average molecular weight is 522 g/mol. The number of piperidine rings is 1. The van der Waals surface area contributed by atoms with E-state index in [-0.39, 0.29) is 55.1 Å². The number of aromatic nitrogens is 2. The van der Waals surface area contributed by atoms with E-state index in [2.05, 4.69) is 10.3 Å². The Morgan fingerprint density at radius 1 is 1.14 bits per heavy atom. The second-order valence-electron chi connectivity index (χ2n) is 11.4. The van der Waals surface area contributed by atoms with E-state index in [4.69, 9.17) is 4.74 Å². The first-order valence-corrected chi connectivity index (χ1v) is 12.0. The van der Waals surface area contributed by atoms with Crippen molar-refractivity contribution < 1.29 is 36.2 Å². The van der Waals surface area contributed by atoms with Crippen LogP contribution in [-0.2, 0) is 6.18 Å². The third-order valence-corrected chi connectivity index (χ3v) is 8.42. The number of alkyl halides is 6. The molecule has 2 heterocycles. The number of hydrogen-bond acceptors (Lipinski definition) is 4. The lowest BCUT2D eigenvalue weighted by Gasteiger charge is -2.76. The lowest BCUT2D eigenvalue weighted by molar-refractivity contribution is -0.403. The van der Waals surface area contributed by atoms with Crippen LogP contribution in [0.4, 0.5) is 26.3 Å². The monoisotopic (exact) mass is 521 g/mol. The Bertz CT molecular complexity index is 1230. The Morgan fingerprint density at radius 2 is 1.78 bits per heavy atom. The van der Waals surface area contributed by atoms with Crippen molar-refractivity contribution in [1.29, 1.82) is 0 Å². The maximum Gasteiger partial charge on any atom is 0.418 e. The number of nitrogens with one attached hydrogen (secondary N) is 2. The van der Waals surface area contributed by atoms with Crippen LogP contribution in [0.2, 0.25) is 0 Å². The number of aromatic amines is 1. The molecular formula is C24H29F6N3O3. The first kappa shape index (κ1) is 25.4. The zero-order chi connectivity index (χ0) is 26.5. The molecule has 3 atom stereocenters. The molecule has 0 spiro atoms. The van der Waals surface area contributed by atoms with Gasteiger partial charge >= 0.3 is 18.0 Å². The summed E-state index contributed by atoms with van der Waals surface area (Å²) in [6.07, 6.45) is -8.86. The molecule has 0 radical (unpaired) electrons. The van der Waals surface area contributed by atoms with Crippen LogP contribution in [0.25, 0.3) is 11.0 Å². The Kier molecular flexibility index (Phi) is 5.41. The number of benzene rings is 1. The van der Waals surface area contributed by atoms with Crippen molar-refractivity contribution in [3.8, 4) is 5.75 Å². The Hall–Kier alpha value is -2.21. The highest BCUT2D eigenvalue weighted by molar-refractivity contribution is 5.81. The lowest BCUT2D eigenvalue weighted by Crippen LogP contribution is -2.78. The largest absolute Gasteiger partial charge is 0.492 e. The van der Waals surface area contributed by atoms with Crippen molar-refractivity contribution in [3.05, 3.63) is 28.2 Å². The molecule has 6 nitrogen and oxygen atoms in total. The van der Waals surface area contributed by atoms with E-state index in [1.807, 2.05) is 6.92 Å². The van der Waals surface area contributed by atoms with Crippen LogP contribution in [0.5, 0.6) is 5.75 Å². The lowest BCUT2D eigenvalue weighted by atomic mass is 9.29. The second-order valence-corrected chi connectivity index (χ2v) is 11.4. The van der Waals surface area contributed by atoms with Crippen LogP contribution in [-0.4, -0.2) is 45.1 Å². The van der Waals surface area contributed by atoms with Gasteiger partial charge in [0.05, 0.1) is 27.6 Å². The predicted molar refractivity (Wildman–Crippen MR) is 119 cm³/mol. The SMILES string of the molecule is CC(C)n1c(=O)[nH]c2cc(OC[C@@H]3C[C@](O)(C45CC(C(F)(F)F)(C4)C5)C[C@H](C)N3)cc(C(F)(F)F)c21. The number of hydrogen-bond donors (Lipinski definition) is 3. The molecule has 1 aromatic carbocycles. The van der Waals surface area contributed by atoms with Crippen molar-refractivity contribution >= 4 is 11.0 Å². The van der Waals surface area contributed by atoms with E-state index in [9.17, 15) is 36.2 Å². The molecule has 200 valence electrons. The van der Waals surface area contributed by atoms with Gasteiger partial charge in [-0.1, -0.05) is 0 Å². The first-order chi connectivity index (χ1) is 16.5. The van der Waals surface area contributed by atoms with Gasteiger partial charge in [-0.2, -0.15) is 26.3 Å². The Balaban J connectivity index is 1.36. The van der Waals surface area contributed by atoms with Crippen LogP contribution in [0.15, 0.2) is 16.9 Å². The summed E-state index contributed by atoms with van der Waals surface area (Å²) in [6.45, 7) is 4.94. The van der Waals surface area contributed by atoms with Gasteiger partial charge < -0.3 is 20.1 Å². The third-order valence-electron chi connectivity index (χ3n) is 8.42. The zero-order valence-electron chi connectivity index (χ0n) is 20.1. The third kappa shape index (κ3) is 3.66. The van der Waals surface area contributed by atoms with E-state index in [0.717, 1.165) is 10.6 Å². The molecule has 3 aliphatic carbocycles. The topological polar surface area (TPSA) is 79.3 Å². The van der Waals surface area contributed by atoms with Crippen LogP contribution in [0.3, 0.4) is 0 Å². The van der Waals surface area contributed by atoms with Gasteiger partial charge in [-0.15, -0.1) is 0 Å². The highest BCUT2D eigenvalue weighted by Crippen LogP contribution is 2.82. The summed E-state index contributed by atoms with van der Waals surface area (Å²) in [6, 6.07) is 0.994. The van der Waals surface area contributed by atoms with E-state index >= 15 is 0 Å². The summed E-state index contributed by atoms with van der Waals surface area (Å²) in [5.41, 5.74) is -5.70. The normalized spacial score (nSPS) is 34.5. The number of H-pyrrole nitrogens is 1. The molecule has 1 aliphatic heterocycles.